The monoisotopic (exact) mass is 109 g/mol. The van der Waals surface area contributed by atoms with Gasteiger partial charge in [0.05, 0.1) is 0 Å². The predicted octanol–water partition coefficient (Wildman–Crippen LogP) is 2.00. The summed E-state index contributed by atoms with van der Waals surface area (Å²) in [7, 11) is 0. The molecule has 0 saturated carbocycles. The van der Waals surface area contributed by atoms with E-state index in [4.69, 9.17) is 0 Å². The van der Waals surface area contributed by atoms with E-state index in [1.165, 1.54) is 5.70 Å². The van der Waals surface area contributed by atoms with Crippen LogP contribution in [0, 0.1) is 5.41 Å². The molecule has 0 atom stereocenters. The second-order valence-electron chi connectivity index (χ2n) is 2.65. The van der Waals surface area contributed by atoms with Gasteiger partial charge in [-0.25, -0.2) is 0 Å². The SMILES string of the molecule is C/C=C1/N=CC1(C)C. The third-order valence-electron chi connectivity index (χ3n) is 1.46. The molecule has 1 aliphatic heterocycles. The fraction of sp³-hybridized carbons (Fsp3) is 0.571. The van der Waals surface area contributed by atoms with E-state index in [1.54, 1.807) is 0 Å². The van der Waals surface area contributed by atoms with Crippen molar-refractivity contribution in [3.63, 3.8) is 0 Å². The van der Waals surface area contributed by atoms with Crippen molar-refractivity contribution in [2.45, 2.75) is 20.8 Å². The first-order valence-electron chi connectivity index (χ1n) is 2.89. The van der Waals surface area contributed by atoms with Crippen LogP contribution in [0.3, 0.4) is 0 Å². The maximum absolute atomic E-state index is 4.08. The van der Waals surface area contributed by atoms with E-state index in [1.807, 2.05) is 13.1 Å². The molecule has 0 spiro atoms. The van der Waals surface area contributed by atoms with Gasteiger partial charge in [-0.3, -0.25) is 4.99 Å². The topological polar surface area (TPSA) is 12.4 Å². The summed E-state index contributed by atoms with van der Waals surface area (Å²) in [6, 6.07) is 0. The van der Waals surface area contributed by atoms with Gasteiger partial charge in [-0.15, -0.1) is 0 Å². The van der Waals surface area contributed by atoms with Crippen LogP contribution in [-0.4, -0.2) is 6.21 Å². The van der Waals surface area contributed by atoms with Crippen LogP contribution in [0.5, 0.6) is 0 Å². The molecule has 0 radical (unpaired) electrons. The van der Waals surface area contributed by atoms with Gasteiger partial charge in [0, 0.05) is 17.3 Å². The molecule has 1 heteroatoms. The molecule has 0 aliphatic carbocycles. The van der Waals surface area contributed by atoms with Crippen molar-refractivity contribution in [3.05, 3.63) is 11.8 Å². The molecular formula is C7H11N. The molecule has 0 fully saturated rings. The zero-order chi connectivity index (χ0) is 6.20. The Hall–Kier alpha value is -0.590. The van der Waals surface area contributed by atoms with Gasteiger partial charge in [-0.2, -0.15) is 0 Å². The van der Waals surface area contributed by atoms with Crippen molar-refractivity contribution in [1.82, 2.24) is 0 Å². The Kier molecular flexibility index (Phi) is 0.999. The average molecular weight is 109 g/mol. The highest BCUT2D eigenvalue weighted by molar-refractivity contribution is 5.77. The van der Waals surface area contributed by atoms with Gasteiger partial charge in [-0.1, -0.05) is 6.08 Å². The van der Waals surface area contributed by atoms with E-state index in [9.17, 15) is 0 Å². The van der Waals surface area contributed by atoms with Crippen LogP contribution in [0.25, 0.3) is 0 Å². The summed E-state index contributed by atoms with van der Waals surface area (Å²) >= 11 is 0. The van der Waals surface area contributed by atoms with E-state index in [0.29, 0.717) is 0 Å². The van der Waals surface area contributed by atoms with Crippen molar-refractivity contribution in [1.29, 1.82) is 0 Å². The lowest BCUT2D eigenvalue weighted by Gasteiger charge is -2.27. The highest BCUT2D eigenvalue weighted by Gasteiger charge is 2.26. The Morgan fingerprint density at radius 3 is 2.25 bits per heavy atom. The molecule has 0 aromatic heterocycles. The molecule has 0 saturated heterocycles. The Morgan fingerprint density at radius 1 is 1.62 bits per heavy atom. The van der Waals surface area contributed by atoms with Crippen LogP contribution in [0.1, 0.15) is 20.8 Å². The van der Waals surface area contributed by atoms with Crippen LogP contribution in [0.4, 0.5) is 0 Å². The van der Waals surface area contributed by atoms with Gasteiger partial charge in [0.15, 0.2) is 0 Å². The summed E-state index contributed by atoms with van der Waals surface area (Å²) in [6.45, 7) is 6.35. The van der Waals surface area contributed by atoms with E-state index >= 15 is 0 Å². The van der Waals surface area contributed by atoms with E-state index in [0.717, 1.165) is 0 Å². The Bertz CT molecular complexity index is 152. The zero-order valence-electron chi connectivity index (χ0n) is 5.60. The zero-order valence-corrected chi connectivity index (χ0v) is 5.60. The van der Waals surface area contributed by atoms with Crippen LogP contribution >= 0.6 is 0 Å². The Balaban J connectivity index is 2.83. The van der Waals surface area contributed by atoms with Crippen LogP contribution in [0.2, 0.25) is 0 Å². The second kappa shape index (κ2) is 1.44. The summed E-state index contributed by atoms with van der Waals surface area (Å²) in [6.07, 6.45) is 4.03. The first-order chi connectivity index (χ1) is 3.67. The van der Waals surface area contributed by atoms with Gasteiger partial charge >= 0.3 is 0 Å². The highest BCUT2D eigenvalue weighted by atomic mass is 14.8. The number of allylic oxidation sites excluding steroid dienone is 2. The standard InChI is InChI=1S/C7H11N/c1-4-6-7(2,3)5-8-6/h4-5H,1-3H3/b6-4+. The summed E-state index contributed by atoms with van der Waals surface area (Å²) in [5, 5.41) is 0. The predicted molar refractivity (Wildman–Crippen MR) is 36.0 cm³/mol. The molecule has 0 N–H and O–H groups in total. The summed E-state index contributed by atoms with van der Waals surface area (Å²) in [5.74, 6) is 0. The lowest BCUT2D eigenvalue weighted by molar-refractivity contribution is 0.590. The van der Waals surface area contributed by atoms with Crippen molar-refractivity contribution < 1.29 is 0 Å². The lowest BCUT2D eigenvalue weighted by Crippen LogP contribution is -2.23. The van der Waals surface area contributed by atoms with Crippen molar-refractivity contribution in [2.24, 2.45) is 10.4 Å². The maximum Gasteiger partial charge on any atom is 0.0467 e. The molecular weight excluding hydrogens is 98.1 g/mol. The second-order valence-corrected chi connectivity index (χ2v) is 2.65. The molecule has 1 heterocycles. The molecule has 0 bridgehead atoms. The lowest BCUT2D eigenvalue weighted by atomic mass is 9.86. The number of hydrogen-bond donors (Lipinski definition) is 0. The fourth-order valence-corrected chi connectivity index (χ4v) is 0.844. The number of hydrogen-bond acceptors (Lipinski definition) is 1. The number of nitrogens with zero attached hydrogens (tertiary/aromatic N) is 1. The van der Waals surface area contributed by atoms with Gasteiger partial charge in [-0.05, 0) is 20.8 Å². The molecule has 1 nitrogen and oxygen atoms in total. The van der Waals surface area contributed by atoms with E-state index in [-0.39, 0.29) is 5.41 Å². The molecule has 44 valence electrons. The summed E-state index contributed by atoms with van der Waals surface area (Å²) in [4.78, 5) is 4.08. The normalized spacial score (nSPS) is 28.1. The Labute approximate surface area is 50.1 Å². The molecule has 8 heavy (non-hydrogen) atoms. The van der Waals surface area contributed by atoms with Crippen molar-refractivity contribution >= 4 is 6.21 Å². The van der Waals surface area contributed by atoms with Crippen molar-refractivity contribution in [2.75, 3.05) is 0 Å². The average Bonchev–Trinajstić information content (AvgIpc) is 1.66. The quantitative estimate of drug-likeness (QED) is 0.451. The summed E-state index contributed by atoms with van der Waals surface area (Å²) in [5.41, 5.74) is 1.46. The minimum Gasteiger partial charge on any atom is -0.264 e. The van der Waals surface area contributed by atoms with E-state index < -0.39 is 0 Å². The molecule has 0 aromatic rings. The van der Waals surface area contributed by atoms with E-state index in [2.05, 4.69) is 24.9 Å². The van der Waals surface area contributed by atoms with Gasteiger partial charge in [0.1, 0.15) is 0 Å². The largest absolute Gasteiger partial charge is 0.264 e. The first-order valence-corrected chi connectivity index (χ1v) is 2.89. The molecule has 0 amide bonds. The summed E-state index contributed by atoms with van der Waals surface area (Å²) < 4.78 is 0. The minimum atomic E-state index is 0.259. The van der Waals surface area contributed by atoms with Gasteiger partial charge in [0.25, 0.3) is 0 Å². The van der Waals surface area contributed by atoms with Gasteiger partial charge in [0.2, 0.25) is 0 Å². The van der Waals surface area contributed by atoms with Crippen molar-refractivity contribution in [3.8, 4) is 0 Å². The fourth-order valence-electron chi connectivity index (χ4n) is 0.844. The number of aliphatic imine (C=N–C) groups is 1. The smallest absolute Gasteiger partial charge is 0.0467 e. The molecule has 1 aliphatic rings. The third kappa shape index (κ3) is 0.585. The molecule has 1 rings (SSSR count). The maximum atomic E-state index is 4.08. The van der Waals surface area contributed by atoms with Crippen LogP contribution in [0.15, 0.2) is 16.8 Å². The van der Waals surface area contributed by atoms with Crippen LogP contribution < -0.4 is 0 Å². The first kappa shape index (κ1) is 5.54. The van der Waals surface area contributed by atoms with Gasteiger partial charge < -0.3 is 0 Å². The minimum absolute atomic E-state index is 0.259. The molecule has 0 aromatic carbocycles. The molecule has 0 unspecified atom stereocenters. The van der Waals surface area contributed by atoms with Crippen LogP contribution in [-0.2, 0) is 0 Å². The third-order valence-corrected chi connectivity index (χ3v) is 1.46. The number of rotatable bonds is 0. The Morgan fingerprint density at radius 2 is 2.25 bits per heavy atom. The highest BCUT2D eigenvalue weighted by Crippen LogP contribution is 2.32.